The Bertz CT molecular complexity index is 451. The standard InChI is InChI=1S/C15H20O4/c1-10-4-7-13(18-9-11(2)17-3)14(8-10)19-15(16)12-5-6-12/h4,7-8,11-12H,5-6,9H2,1-3H3. The smallest absolute Gasteiger partial charge is 0.314 e. The van der Waals surface area contributed by atoms with E-state index in [0.29, 0.717) is 18.1 Å². The quantitative estimate of drug-likeness (QED) is 0.585. The molecule has 4 nitrogen and oxygen atoms in total. The normalized spacial score (nSPS) is 15.9. The summed E-state index contributed by atoms with van der Waals surface area (Å²) >= 11 is 0. The van der Waals surface area contributed by atoms with Crippen molar-refractivity contribution in [2.24, 2.45) is 5.92 Å². The van der Waals surface area contributed by atoms with Crippen LogP contribution in [-0.4, -0.2) is 25.8 Å². The molecular weight excluding hydrogens is 244 g/mol. The van der Waals surface area contributed by atoms with Crippen LogP contribution in [0.4, 0.5) is 0 Å². The number of esters is 1. The predicted octanol–water partition coefficient (Wildman–Crippen LogP) is 2.72. The van der Waals surface area contributed by atoms with Crippen LogP contribution in [0, 0.1) is 12.8 Å². The molecule has 1 atom stereocenters. The zero-order valence-corrected chi connectivity index (χ0v) is 11.6. The number of benzene rings is 1. The largest absolute Gasteiger partial charge is 0.487 e. The molecule has 1 unspecified atom stereocenters. The van der Waals surface area contributed by atoms with E-state index in [1.165, 1.54) is 0 Å². The molecule has 1 aromatic carbocycles. The van der Waals surface area contributed by atoms with Gasteiger partial charge in [-0.15, -0.1) is 0 Å². The topological polar surface area (TPSA) is 44.8 Å². The van der Waals surface area contributed by atoms with Crippen LogP contribution >= 0.6 is 0 Å². The van der Waals surface area contributed by atoms with Gasteiger partial charge in [0.15, 0.2) is 11.5 Å². The van der Waals surface area contributed by atoms with Gasteiger partial charge in [0, 0.05) is 7.11 Å². The summed E-state index contributed by atoms with van der Waals surface area (Å²) in [5.41, 5.74) is 1.03. The number of hydrogen-bond donors (Lipinski definition) is 0. The van der Waals surface area contributed by atoms with E-state index in [2.05, 4.69) is 0 Å². The Kier molecular flexibility index (Phi) is 4.43. The molecule has 104 valence electrons. The van der Waals surface area contributed by atoms with Crippen LogP contribution in [0.15, 0.2) is 18.2 Å². The monoisotopic (exact) mass is 264 g/mol. The Balaban J connectivity index is 2.05. The maximum absolute atomic E-state index is 11.7. The highest BCUT2D eigenvalue weighted by atomic mass is 16.6. The van der Waals surface area contributed by atoms with Crippen LogP contribution in [0.2, 0.25) is 0 Å². The van der Waals surface area contributed by atoms with Gasteiger partial charge in [0.05, 0.1) is 12.0 Å². The van der Waals surface area contributed by atoms with Gasteiger partial charge in [-0.2, -0.15) is 0 Å². The first kappa shape index (κ1) is 13.9. The fraction of sp³-hybridized carbons (Fsp3) is 0.533. The molecule has 1 aliphatic carbocycles. The summed E-state index contributed by atoms with van der Waals surface area (Å²) in [6.45, 7) is 4.30. The first-order valence-electron chi connectivity index (χ1n) is 6.58. The molecule has 1 fully saturated rings. The lowest BCUT2D eigenvalue weighted by Gasteiger charge is -2.15. The van der Waals surface area contributed by atoms with E-state index < -0.39 is 0 Å². The van der Waals surface area contributed by atoms with E-state index >= 15 is 0 Å². The summed E-state index contributed by atoms with van der Waals surface area (Å²) in [6.07, 6.45) is 1.86. The number of methoxy groups -OCH3 is 1. The van der Waals surface area contributed by atoms with Crippen molar-refractivity contribution in [3.8, 4) is 11.5 Å². The van der Waals surface area contributed by atoms with Gasteiger partial charge in [0.25, 0.3) is 0 Å². The van der Waals surface area contributed by atoms with E-state index in [-0.39, 0.29) is 18.0 Å². The highest BCUT2D eigenvalue weighted by Crippen LogP contribution is 2.34. The van der Waals surface area contributed by atoms with Gasteiger partial charge < -0.3 is 14.2 Å². The Labute approximate surface area is 113 Å². The zero-order chi connectivity index (χ0) is 13.8. The third-order valence-electron chi connectivity index (χ3n) is 3.10. The summed E-state index contributed by atoms with van der Waals surface area (Å²) in [4.78, 5) is 11.7. The van der Waals surface area contributed by atoms with Crippen molar-refractivity contribution >= 4 is 5.97 Å². The first-order valence-corrected chi connectivity index (χ1v) is 6.58. The van der Waals surface area contributed by atoms with Crippen LogP contribution in [0.3, 0.4) is 0 Å². The molecule has 1 saturated carbocycles. The highest BCUT2D eigenvalue weighted by Gasteiger charge is 2.32. The first-order chi connectivity index (χ1) is 9.10. The van der Waals surface area contributed by atoms with Crippen molar-refractivity contribution in [2.75, 3.05) is 13.7 Å². The van der Waals surface area contributed by atoms with Gasteiger partial charge in [0.1, 0.15) is 6.61 Å². The average Bonchev–Trinajstić information content (AvgIpc) is 3.21. The zero-order valence-electron chi connectivity index (χ0n) is 11.6. The highest BCUT2D eigenvalue weighted by molar-refractivity contribution is 5.78. The molecule has 4 heteroatoms. The molecule has 0 spiro atoms. The lowest BCUT2D eigenvalue weighted by atomic mass is 10.2. The van der Waals surface area contributed by atoms with Gasteiger partial charge in [-0.1, -0.05) is 6.07 Å². The number of aryl methyl sites for hydroxylation is 1. The fourth-order valence-corrected chi connectivity index (χ4v) is 1.60. The maximum atomic E-state index is 11.7. The van der Waals surface area contributed by atoms with Crippen molar-refractivity contribution < 1.29 is 19.0 Å². The molecule has 0 saturated heterocycles. The van der Waals surface area contributed by atoms with Gasteiger partial charge in [-0.3, -0.25) is 4.79 Å². The van der Waals surface area contributed by atoms with Crippen LogP contribution in [0.5, 0.6) is 11.5 Å². The maximum Gasteiger partial charge on any atom is 0.314 e. The molecule has 0 aromatic heterocycles. The second-order valence-corrected chi connectivity index (χ2v) is 5.00. The summed E-state index contributed by atoms with van der Waals surface area (Å²) < 4.78 is 16.2. The predicted molar refractivity (Wildman–Crippen MR) is 71.5 cm³/mol. The molecule has 19 heavy (non-hydrogen) atoms. The number of carbonyl (C=O) groups is 1. The Morgan fingerprint density at radius 2 is 2.11 bits per heavy atom. The molecule has 0 aliphatic heterocycles. The van der Waals surface area contributed by atoms with E-state index in [9.17, 15) is 4.79 Å². The average molecular weight is 264 g/mol. The van der Waals surface area contributed by atoms with Gasteiger partial charge >= 0.3 is 5.97 Å². The van der Waals surface area contributed by atoms with Crippen molar-refractivity contribution in [2.45, 2.75) is 32.8 Å². The third kappa shape index (κ3) is 3.96. The van der Waals surface area contributed by atoms with Crippen LogP contribution in [0.25, 0.3) is 0 Å². The van der Waals surface area contributed by atoms with Gasteiger partial charge in [-0.05, 0) is 44.4 Å². The Morgan fingerprint density at radius 1 is 1.37 bits per heavy atom. The number of ether oxygens (including phenoxy) is 3. The molecule has 0 radical (unpaired) electrons. The van der Waals surface area contributed by atoms with Crippen LogP contribution in [-0.2, 0) is 9.53 Å². The van der Waals surface area contributed by atoms with E-state index in [4.69, 9.17) is 14.2 Å². The van der Waals surface area contributed by atoms with Crippen molar-refractivity contribution in [1.29, 1.82) is 0 Å². The molecule has 2 rings (SSSR count). The van der Waals surface area contributed by atoms with E-state index in [1.54, 1.807) is 7.11 Å². The lowest BCUT2D eigenvalue weighted by molar-refractivity contribution is -0.135. The van der Waals surface area contributed by atoms with Crippen LogP contribution < -0.4 is 9.47 Å². The minimum Gasteiger partial charge on any atom is -0.487 e. The van der Waals surface area contributed by atoms with E-state index in [1.807, 2.05) is 32.0 Å². The summed E-state index contributed by atoms with van der Waals surface area (Å²) in [6, 6.07) is 5.58. The second-order valence-electron chi connectivity index (χ2n) is 5.00. The molecule has 0 amide bonds. The number of carbonyl (C=O) groups excluding carboxylic acids is 1. The van der Waals surface area contributed by atoms with E-state index in [0.717, 1.165) is 18.4 Å². The van der Waals surface area contributed by atoms with Crippen molar-refractivity contribution in [3.63, 3.8) is 0 Å². The second kappa shape index (κ2) is 6.06. The summed E-state index contributed by atoms with van der Waals surface area (Å²) in [7, 11) is 1.64. The fourth-order valence-electron chi connectivity index (χ4n) is 1.60. The Hall–Kier alpha value is -1.55. The Morgan fingerprint density at radius 3 is 2.74 bits per heavy atom. The summed E-state index contributed by atoms with van der Waals surface area (Å²) in [5, 5.41) is 0. The molecule has 0 heterocycles. The molecule has 0 bridgehead atoms. The third-order valence-corrected chi connectivity index (χ3v) is 3.10. The molecule has 0 N–H and O–H groups in total. The lowest BCUT2D eigenvalue weighted by Crippen LogP contribution is -2.17. The van der Waals surface area contributed by atoms with Gasteiger partial charge in [-0.25, -0.2) is 0 Å². The molecule has 1 aromatic rings. The van der Waals surface area contributed by atoms with Crippen molar-refractivity contribution in [1.82, 2.24) is 0 Å². The van der Waals surface area contributed by atoms with Crippen LogP contribution in [0.1, 0.15) is 25.3 Å². The minimum atomic E-state index is -0.157. The van der Waals surface area contributed by atoms with Crippen molar-refractivity contribution in [3.05, 3.63) is 23.8 Å². The SMILES string of the molecule is COC(C)COc1ccc(C)cc1OC(=O)C1CC1. The molecule has 1 aliphatic rings. The summed E-state index contributed by atoms with van der Waals surface area (Å²) in [5.74, 6) is 1.00. The number of hydrogen-bond acceptors (Lipinski definition) is 4. The number of rotatable bonds is 6. The molecular formula is C15H20O4. The van der Waals surface area contributed by atoms with Gasteiger partial charge in [0.2, 0.25) is 0 Å². The minimum absolute atomic E-state index is 0.00622.